The van der Waals surface area contributed by atoms with Crippen molar-refractivity contribution in [3.63, 3.8) is 0 Å². The van der Waals surface area contributed by atoms with Crippen molar-refractivity contribution in [2.24, 2.45) is 41.4 Å². The first-order valence-electron chi connectivity index (χ1n) is 44.4. The number of alkyl carbamates (subject to hydrolysis) is 1. The molecular weight excluding hydrogens is 1660 g/mol. The third kappa shape index (κ3) is 38.9. The molecule has 0 spiro atoms. The molecule has 7 atom stereocenters. The van der Waals surface area contributed by atoms with Gasteiger partial charge in [0, 0.05) is 0 Å². The number of nitrogens with one attached hydrogen (secondary N) is 13. The van der Waals surface area contributed by atoms with Crippen LogP contribution < -0.4 is 69.1 Å². The van der Waals surface area contributed by atoms with E-state index < -0.39 is 131 Å². The molecule has 131 heavy (non-hydrogen) atoms. The van der Waals surface area contributed by atoms with Crippen LogP contribution in [0.5, 0.6) is 0 Å². The first-order valence-corrected chi connectivity index (χ1v) is 44.4. The Balaban J connectivity index is 1.30. The van der Waals surface area contributed by atoms with Crippen LogP contribution in [0, 0.1) is 41.4 Å². The average molecular weight is 1800 g/mol. The van der Waals surface area contributed by atoms with Gasteiger partial charge in [0.1, 0.15) is 82.1 Å². The Hall–Kier alpha value is -13.9. The molecule has 0 aromatic heterocycles. The van der Waals surface area contributed by atoms with Gasteiger partial charge in [0.05, 0.1) is 7.11 Å². The number of carbonyl (C=O) groups excluding carboxylic acids is 14. The normalized spacial score (nSPS) is 13.8. The van der Waals surface area contributed by atoms with Crippen LogP contribution in [0.25, 0.3) is 36.5 Å². The minimum atomic E-state index is -1.46. The van der Waals surface area contributed by atoms with Crippen LogP contribution in [0.4, 0.5) is 4.79 Å². The third-order valence-electron chi connectivity index (χ3n) is 19.5. The standard InChI is InChI=1S/C102H131N13O16/c1-62(2)49-75(88(116)108-82(57-70-39-27-20-28-40-70)95(123)104-77(51-64(5)6)90(118)110-84(59-72-43-31-22-32-44-72)97(125)106-79(53-66(9)10)92(120)112-86(61-74-47-35-24-36-48-74)99(127)114-87(55-68(13)14)100(128)130-18)103-94(122)81(56-69-37-25-19-26-38-69)109-89(117)76(50-63(3)4)105-96(124)83(58-71-41-29-21-30-42-71)111-91(119)78(52-65(7)8)107-98(126)85(60-73-45-33-23-34-46-73)113-93(121)80(54-67(11)12)115-101(129)131-102(15,16)17/h19-48,56-68,75-80,87H,49-55H2,1-18H3,(H,103,122)(H,104,123)(H,105,124)(H,106,125)(H,107,126)(H,108,116)(H,109,117)(H,110,118)(H,111,119)(H,112,120)(H,113,121)(H,114,127)(H,115,129)/b81-56-,82-57-,83-58-,84-59-,85-60+,86-61-/t75-,76-,77-,78-,79-,80-,87-/m0/s1. The molecule has 700 valence electrons. The van der Waals surface area contributed by atoms with Gasteiger partial charge < -0.3 is 78.6 Å². The first kappa shape index (κ1) is 106. The van der Waals surface area contributed by atoms with Gasteiger partial charge >= 0.3 is 12.1 Å². The zero-order valence-corrected chi connectivity index (χ0v) is 78.3. The maximum Gasteiger partial charge on any atom is 0.408 e. The molecule has 13 amide bonds. The van der Waals surface area contributed by atoms with Gasteiger partial charge in [-0.25, -0.2) is 9.59 Å². The molecule has 29 heteroatoms. The second-order valence-electron chi connectivity index (χ2n) is 36.0. The van der Waals surface area contributed by atoms with E-state index in [1.165, 1.54) is 43.6 Å². The lowest BCUT2D eigenvalue weighted by molar-refractivity contribution is -0.145. The maximum atomic E-state index is 15.3. The van der Waals surface area contributed by atoms with Crippen molar-refractivity contribution in [1.82, 2.24) is 69.1 Å². The molecule has 0 aliphatic rings. The number of hydrogen-bond donors (Lipinski definition) is 13. The maximum absolute atomic E-state index is 15.3. The Morgan fingerprint density at radius 1 is 0.244 bits per heavy atom. The molecule has 0 fully saturated rings. The number of amides is 13. The number of benzene rings is 6. The van der Waals surface area contributed by atoms with E-state index in [-0.39, 0.29) is 121 Å². The molecule has 13 N–H and O–H groups in total. The number of carbonyl (C=O) groups is 14. The van der Waals surface area contributed by atoms with Crippen LogP contribution in [0.3, 0.4) is 0 Å². The monoisotopic (exact) mass is 1790 g/mol. The zero-order valence-electron chi connectivity index (χ0n) is 78.3. The van der Waals surface area contributed by atoms with Crippen molar-refractivity contribution in [3.05, 3.63) is 250 Å². The molecule has 0 saturated heterocycles. The number of ether oxygens (including phenoxy) is 2. The summed E-state index contributed by atoms with van der Waals surface area (Å²) in [6.45, 7) is 30.5. The molecule has 6 aromatic rings. The molecule has 0 aliphatic heterocycles. The summed E-state index contributed by atoms with van der Waals surface area (Å²) >= 11 is 0. The van der Waals surface area contributed by atoms with E-state index in [0.29, 0.717) is 33.4 Å². The summed E-state index contributed by atoms with van der Waals surface area (Å²) in [6.07, 6.45) is 7.78. The van der Waals surface area contributed by atoms with E-state index in [1.54, 1.807) is 244 Å². The molecule has 0 saturated carbocycles. The van der Waals surface area contributed by atoms with Gasteiger partial charge in [0.15, 0.2) is 0 Å². The van der Waals surface area contributed by atoms with Gasteiger partial charge in [0.25, 0.3) is 35.4 Å². The molecule has 0 heterocycles. The van der Waals surface area contributed by atoms with Crippen molar-refractivity contribution >= 4 is 119 Å². The summed E-state index contributed by atoms with van der Waals surface area (Å²) in [4.78, 5) is 205. The molecule has 6 rings (SSSR count). The Morgan fingerprint density at radius 3 is 0.550 bits per heavy atom. The SMILES string of the molecule is COC(=O)[C@H](CC(C)C)NC(=O)/C(=C/c1ccccc1)NC(=O)[C@H](CC(C)C)NC(=O)/C(=C/c1ccccc1)NC(=O)[C@H](CC(C)C)NC(=O)/C(=C/c1ccccc1)NC(=O)[C@H](CC(C)C)NC(=O)/C(=C/c1ccccc1)NC(=O)[C@H](CC(C)C)NC(=O)/C(=C/c1ccccc1)NC(=O)[C@H](CC(C)C)NC(=O)/C(=C\c1ccccc1)NC(=O)[C@H](CC(C)C)NC(=O)OC(C)(C)C. The minimum Gasteiger partial charge on any atom is -0.467 e. The van der Waals surface area contributed by atoms with E-state index in [4.69, 9.17) is 9.47 Å². The van der Waals surface area contributed by atoms with Crippen LogP contribution in [0.2, 0.25) is 0 Å². The van der Waals surface area contributed by atoms with Crippen molar-refractivity contribution in [2.45, 2.75) is 211 Å². The molecular formula is C102H131N13O16. The van der Waals surface area contributed by atoms with Gasteiger partial charge in [-0.3, -0.25) is 57.5 Å². The highest BCUT2D eigenvalue weighted by Gasteiger charge is 2.36. The van der Waals surface area contributed by atoms with Crippen molar-refractivity contribution < 1.29 is 76.6 Å². The average Bonchev–Trinajstić information content (AvgIpc) is 0.842. The fourth-order valence-electron chi connectivity index (χ4n) is 13.5. The van der Waals surface area contributed by atoms with E-state index in [9.17, 15) is 38.4 Å². The van der Waals surface area contributed by atoms with Crippen LogP contribution in [-0.2, 0) is 71.8 Å². The van der Waals surface area contributed by atoms with Gasteiger partial charge in [-0.15, -0.1) is 0 Å². The Morgan fingerprint density at radius 2 is 0.397 bits per heavy atom. The second-order valence-corrected chi connectivity index (χ2v) is 36.0. The van der Waals surface area contributed by atoms with Crippen molar-refractivity contribution in [1.29, 1.82) is 0 Å². The lowest BCUT2D eigenvalue weighted by atomic mass is 10.0. The van der Waals surface area contributed by atoms with E-state index in [0.717, 1.165) is 0 Å². The molecule has 0 aliphatic carbocycles. The highest BCUT2D eigenvalue weighted by atomic mass is 16.6. The second kappa shape index (κ2) is 53.2. The molecule has 0 radical (unpaired) electrons. The fraction of sp³-hybridized carbons (Fsp3) is 0.392. The van der Waals surface area contributed by atoms with Gasteiger partial charge in [-0.05, 0) is 177 Å². The molecule has 0 bridgehead atoms. The molecule has 0 unspecified atom stereocenters. The Kier molecular flexibility index (Phi) is 43.0. The van der Waals surface area contributed by atoms with Gasteiger partial charge in [-0.2, -0.15) is 0 Å². The number of methoxy groups -OCH3 is 1. The van der Waals surface area contributed by atoms with Crippen LogP contribution in [-0.4, -0.2) is 138 Å². The number of rotatable bonds is 46. The van der Waals surface area contributed by atoms with Crippen LogP contribution >= 0.6 is 0 Å². The number of esters is 1. The third-order valence-corrected chi connectivity index (χ3v) is 19.5. The van der Waals surface area contributed by atoms with Gasteiger partial charge in [0.2, 0.25) is 35.4 Å². The van der Waals surface area contributed by atoms with E-state index in [2.05, 4.69) is 69.1 Å². The topological polar surface area (TPSA) is 414 Å². The quantitative estimate of drug-likeness (QED) is 0.0125. The fourth-order valence-corrected chi connectivity index (χ4v) is 13.5. The smallest absolute Gasteiger partial charge is 0.408 e. The van der Waals surface area contributed by atoms with Crippen LogP contribution in [0.15, 0.2) is 216 Å². The minimum absolute atomic E-state index is 0.00997. The summed E-state index contributed by atoms with van der Waals surface area (Å²) in [5, 5.41) is 35.5. The van der Waals surface area contributed by atoms with E-state index >= 15 is 28.8 Å². The molecule has 6 aromatic carbocycles. The summed E-state index contributed by atoms with van der Waals surface area (Å²) in [7, 11) is 1.20. The predicted molar refractivity (Wildman–Crippen MR) is 508 cm³/mol. The van der Waals surface area contributed by atoms with Crippen molar-refractivity contribution in [3.8, 4) is 0 Å². The summed E-state index contributed by atoms with van der Waals surface area (Å²) in [5.74, 6) is -12.9. The number of hydrogen-bond acceptors (Lipinski definition) is 16. The predicted octanol–water partition coefficient (Wildman–Crippen LogP) is 12.2. The van der Waals surface area contributed by atoms with E-state index in [1.807, 2.05) is 55.4 Å². The molecule has 29 nitrogen and oxygen atoms in total. The van der Waals surface area contributed by atoms with Crippen LogP contribution in [0.1, 0.15) is 196 Å². The lowest BCUT2D eigenvalue weighted by Crippen LogP contribution is -2.54. The lowest BCUT2D eigenvalue weighted by Gasteiger charge is -2.26. The largest absolute Gasteiger partial charge is 0.467 e. The highest BCUT2D eigenvalue weighted by molar-refractivity contribution is 6.11. The highest BCUT2D eigenvalue weighted by Crippen LogP contribution is 2.21. The van der Waals surface area contributed by atoms with Crippen molar-refractivity contribution in [2.75, 3.05) is 7.11 Å². The zero-order chi connectivity index (χ0) is 96.6. The Bertz CT molecular complexity index is 5000. The first-order chi connectivity index (χ1) is 62.0. The summed E-state index contributed by atoms with van der Waals surface area (Å²) < 4.78 is 10.5. The summed E-state index contributed by atoms with van der Waals surface area (Å²) in [6, 6.07) is 41.8. The van der Waals surface area contributed by atoms with Gasteiger partial charge in [-0.1, -0.05) is 279 Å². The summed E-state index contributed by atoms with van der Waals surface area (Å²) in [5.41, 5.74) is -0.137. The Labute approximate surface area is 769 Å².